The van der Waals surface area contributed by atoms with E-state index in [9.17, 15) is 5.11 Å². The molecule has 0 radical (unpaired) electrons. The fraction of sp³-hybridized carbons (Fsp3) is 0.429. The van der Waals surface area contributed by atoms with Crippen LogP contribution in [0.4, 0.5) is 0 Å². The van der Waals surface area contributed by atoms with Crippen LogP contribution in [0.3, 0.4) is 0 Å². The number of para-hydroxylation sites is 1. The van der Waals surface area contributed by atoms with Crippen molar-refractivity contribution in [2.75, 3.05) is 0 Å². The van der Waals surface area contributed by atoms with Gasteiger partial charge in [0.2, 0.25) is 0 Å². The van der Waals surface area contributed by atoms with Crippen LogP contribution in [0.2, 0.25) is 0 Å². The van der Waals surface area contributed by atoms with E-state index in [-0.39, 0.29) is 6.04 Å². The van der Waals surface area contributed by atoms with Gasteiger partial charge in [-0.2, -0.15) is 0 Å². The van der Waals surface area contributed by atoms with E-state index in [4.69, 9.17) is 0 Å². The molecule has 1 atom stereocenters. The second-order valence-electron chi connectivity index (χ2n) is 5.42. The van der Waals surface area contributed by atoms with Crippen molar-refractivity contribution in [3.05, 3.63) is 35.5 Å². The molecule has 1 unspecified atom stereocenters. The Kier molecular flexibility index (Phi) is 2.28. The van der Waals surface area contributed by atoms with Gasteiger partial charge >= 0.3 is 0 Å². The molecule has 3 heteroatoms. The molecule has 3 N–H and O–H groups in total. The number of rotatable bonds is 1. The molecular weight excluding hydrogens is 212 g/mol. The topological polar surface area (TPSA) is 48.0 Å². The van der Waals surface area contributed by atoms with Crippen molar-refractivity contribution in [1.82, 2.24) is 10.3 Å². The monoisotopic (exact) mass is 230 g/mol. The Labute approximate surface area is 101 Å². The molecule has 0 bridgehead atoms. The summed E-state index contributed by atoms with van der Waals surface area (Å²) in [5.41, 5.74) is 3.12. The average molecular weight is 230 g/mol. The molecule has 3 rings (SSSR count). The Hall–Kier alpha value is -1.32. The first-order chi connectivity index (χ1) is 8.05. The van der Waals surface area contributed by atoms with E-state index in [2.05, 4.69) is 28.5 Å². The molecule has 1 aromatic heterocycles. The highest BCUT2D eigenvalue weighted by molar-refractivity contribution is 5.84. The van der Waals surface area contributed by atoms with Gasteiger partial charge in [0.25, 0.3) is 0 Å². The lowest BCUT2D eigenvalue weighted by molar-refractivity contribution is 0.0346. The SMILES string of the molecule is CC(C)(O)C1Cc2c([nH]c3ccccc23)CN1. The van der Waals surface area contributed by atoms with Crippen molar-refractivity contribution in [3.63, 3.8) is 0 Å². The van der Waals surface area contributed by atoms with Gasteiger partial charge in [0.15, 0.2) is 0 Å². The summed E-state index contributed by atoms with van der Waals surface area (Å²) >= 11 is 0. The smallest absolute Gasteiger partial charge is 0.0747 e. The highest BCUT2D eigenvalue weighted by Crippen LogP contribution is 2.28. The molecule has 1 aromatic carbocycles. The first-order valence-electron chi connectivity index (χ1n) is 6.10. The number of aliphatic hydroxyl groups is 1. The molecule has 1 aliphatic heterocycles. The lowest BCUT2D eigenvalue weighted by Gasteiger charge is -2.33. The van der Waals surface area contributed by atoms with Crippen LogP contribution in [0.25, 0.3) is 10.9 Å². The summed E-state index contributed by atoms with van der Waals surface area (Å²) in [6, 6.07) is 8.49. The van der Waals surface area contributed by atoms with E-state index < -0.39 is 5.60 Å². The minimum atomic E-state index is -0.684. The molecule has 0 saturated heterocycles. The summed E-state index contributed by atoms with van der Waals surface area (Å²) in [6.45, 7) is 4.54. The Balaban J connectivity index is 2.06. The molecule has 0 aliphatic carbocycles. The number of hydrogen-bond donors (Lipinski definition) is 3. The minimum absolute atomic E-state index is 0.120. The predicted octanol–water partition coefficient (Wildman–Crippen LogP) is 1.95. The van der Waals surface area contributed by atoms with Gasteiger partial charge in [0.1, 0.15) is 0 Å². The molecule has 1 aliphatic rings. The summed E-state index contributed by atoms with van der Waals surface area (Å²) in [6.07, 6.45) is 0.878. The van der Waals surface area contributed by atoms with Gasteiger partial charge in [0.05, 0.1) is 5.60 Å². The maximum absolute atomic E-state index is 10.1. The molecule has 0 spiro atoms. The number of aromatic amines is 1. The number of benzene rings is 1. The van der Waals surface area contributed by atoms with Gasteiger partial charge in [-0.15, -0.1) is 0 Å². The lowest BCUT2D eigenvalue weighted by atomic mass is 9.88. The van der Waals surface area contributed by atoms with Crippen molar-refractivity contribution in [1.29, 1.82) is 0 Å². The van der Waals surface area contributed by atoms with Gasteiger partial charge in [-0.1, -0.05) is 18.2 Å². The van der Waals surface area contributed by atoms with E-state index >= 15 is 0 Å². The maximum atomic E-state index is 10.1. The van der Waals surface area contributed by atoms with Crippen LogP contribution in [0.15, 0.2) is 24.3 Å². The number of hydrogen-bond acceptors (Lipinski definition) is 2. The lowest BCUT2D eigenvalue weighted by Crippen LogP contribution is -2.50. The third-order valence-corrected chi connectivity index (χ3v) is 3.69. The van der Waals surface area contributed by atoms with Crippen molar-refractivity contribution < 1.29 is 5.11 Å². The Morgan fingerprint density at radius 2 is 2.06 bits per heavy atom. The van der Waals surface area contributed by atoms with Crippen LogP contribution in [0.1, 0.15) is 25.1 Å². The van der Waals surface area contributed by atoms with Gasteiger partial charge in [-0.3, -0.25) is 0 Å². The quantitative estimate of drug-likeness (QED) is 0.701. The highest BCUT2D eigenvalue weighted by atomic mass is 16.3. The van der Waals surface area contributed by atoms with E-state index in [0.717, 1.165) is 13.0 Å². The number of nitrogens with one attached hydrogen (secondary N) is 2. The van der Waals surface area contributed by atoms with E-state index in [1.54, 1.807) is 0 Å². The van der Waals surface area contributed by atoms with E-state index in [1.807, 2.05) is 19.9 Å². The van der Waals surface area contributed by atoms with Crippen LogP contribution in [0.5, 0.6) is 0 Å². The average Bonchev–Trinajstić information content (AvgIpc) is 2.65. The third-order valence-electron chi connectivity index (χ3n) is 3.69. The summed E-state index contributed by atoms with van der Waals surface area (Å²) in [4.78, 5) is 3.44. The van der Waals surface area contributed by atoms with E-state index in [0.29, 0.717) is 0 Å². The van der Waals surface area contributed by atoms with Crippen molar-refractivity contribution in [2.24, 2.45) is 0 Å². The van der Waals surface area contributed by atoms with Crippen LogP contribution in [0, 0.1) is 0 Å². The zero-order valence-electron chi connectivity index (χ0n) is 10.2. The second-order valence-corrected chi connectivity index (χ2v) is 5.42. The van der Waals surface area contributed by atoms with Crippen molar-refractivity contribution in [3.8, 4) is 0 Å². The molecule has 2 heterocycles. The zero-order valence-corrected chi connectivity index (χ0v) is 10.2. The van der Waals surface area contributed by atoms with Crippen molar-refractivity contribution in [2.45, 2.75) is 38.5 Å². The third kappa shape index (κ3) is 1.75. The standard InChI is InChI=1S/C14H18N2O/c1-14(2,17)13-7-10-9-5-3-4-6-11(9)16-12(10)8-15-13/h3-6,13,15-17H,7-8H2,1-2H3. The van der Waals surface area contributed by atoms with Crippen LogP contribution in [-0.2, 0) is 13.0 Å². The number of fused-ring (bicyclic) bond motifs is 3. The fourth-order valence-corrected chi connectivity index (χ4v) is 2.64. The predicted molar refractivity (Wildman–Crippen MR) is 68.9 cm³/mol. The zero-order chi connectivity index (χ0) is 12.0. The molecule has 0 fully saturated rings. The molecule has 0 saturated carbocycles. The summed E-state index contributed by atoms with van der Waals surface area (Å²) in [5, 5.41) is 14.8. The summed E-state index contributed by atoms with van der Waals surface area (Å²) in [5.74, 6) is 0. The fourth-order valence-electron chi connectivity index (χ4n) is 2.64. The molecular formula is C14H18N2O. The maximum Gasteiger partial charge on any atom is 0.0747 e. The summed E-state index contributed by atoms with van der Waals surface area (Å²) in [7, 11) is 0. The van der Waals surface area contributed by atoms with Crippen molar-refractivity contribution >= 4 is 10.9 Å². The number of aromatic nitrogens is 1. The molecule has 90 valence electrons. The van der Waals surface area contributed by atoms with Gasteiger partial charge in [-0.05, 0) is 31.9 Å². The molecule has 17 heavy (non-hydrogen) atoms. The highest BCUT2D eigenvalue weighted by Gasteiger charge is 2.31. The molecule has 0 amide bonds. The molecule has 3 nitrogen and oxygen atoms in total. The van der Waals surface area contributed by atoms with Crippen LogP contribution >= 0.6 is 0 Å². The first kappa shape index (κ1) is 10.8. The Bertz CT molecular complexity index is 551. The Morgan fingerprint density at radius 1 is 1.29 bits per heavy atom. The number of H-pyrrole nitrogens is 1. The second kappa shape index (κ2) is 3.59. The van der Waals surface area contributed by atoms with Gasteiger partial charge < -0.3 is 15.4 Å². The van der Waals surface area contributed by atoms with Crippen LogP contribution < -0.4 is 5.32 Å². The molecule has 2 aromatic rings. The normalized spacial score (nSPS) is 20.5. The van der Waals surface area contributed by atoms with Crippen LogP contribution in [-0.4, -0.2) is 21.7 Å². The Morgan fingerprint density at radius 3 is 2.82 bits per heavy atom. The summed E-state index contributed by atoms with van der Waals surface area (Å²) < 4.78 is 0. The minimum Gasteiger partial charge on any atom is -0.389 e. The first-order valence-corrected chi connectivity index (χ1v) is 6.10. The van der Waals surface area contributed by atoms with Gasteiger partial charge in [-0.25, -0.2) is 0 Å². The van der Waals surface area contributed by atoms with E-state index in [1.165, 1.54) is 22.2 Å². The van der Waals surface area contributed by atoms with Gasteiger partial charge in [0, 0.05) is 29.2 Å². The largest absolute Gasteiger partial charge is 0.389 e.